The summed E-state index contributed by atoms with van der Waals surface area (Å²) in [6.07, 6.45) is 2.03. The Hall–Kier alpha value is -3.00. The van der Waals surface area contributed by atoms with Crippen LogP contribution in [0.2, 0.25) is 0 Å². The molecule has 2 aliphatic heterocycles. The molecule has 31 heavy (non-hydrogen) atoms. The first-order valence-electron chi connectivity index (χ1n) is 10.4. The monoisotopic (exact) mass is 426 g/mol. The quantitative estimate of drug-likeness (QED) is 0.707. The first kappa shape index (κ1) is 19.9. The molecule has 162 valence electrons. The Morgan fingerprint density at radius 3 is 2.81 bits per heavy atom. The largest absolute Gasteiger partial charge is 0.479 e. The van der Waals surface area contributed by atoms with Gasteiger partial charge >= 0.3 is 0 Å². The Morgan fingerprint density at radius 1 is 1.26 bits per heavy atom. The van der Waals surface area contributed by atoms with Crippen molar-refractivity contribution < 1.29 is 28.2 Å². The Labute approximate surface area is 179 Å². The third-order valence-electron chi connectivity index (χ3n) is 6.01. The molecule has 1 amide bonds. The summed E-state index contributed by atoms with van der Waals surface area (Å²) in [5.74, 6) is 0.169. The molecule has 0 spiro atoms. The van der Waals surface area contributed by atoms with E-state index in [1.165, 1.54) is 17.2 Å². The van der Waals surface area contributed by atoms with Crippen LogP contribution in [-0.4, -0.2) is 49.1 Å². The molecular formula is C23H23FN2O5. The smallest absolute Gasteiger partial charge is 0.268 e. The fraction of sp³-hybridized carbons (Fsp3) is 0.435. The maximum atomic E-state index is 14.4. The van der Waals surface area contributed by atoms with Gasteiger partial charge in [0, 0.05) is 42.1 Å². The predicted octanol–water partition coefficient (Wildman–Crippen LogP) is 2.95. The second-order valence-electron chi connectivity index (χ2n) is 8.69. The summed E-state index contributed by atoms with van der Waals surface area (Å²) < 4.78 is 31.1. The number of aromatic nitrogens is 1. The van der Waals surface area contributed by atoms with E-state index in [1.54, 1.807) is 18.2 Å². The van der Waals surface area contributed by atoms with Gasteiger partial charge in [0.2, 0.25) is 5.88 Å². The van der Waals surface area contributed by atoms with Gasteiger partial charge in [-0.2, -0.15) is 0 Å². The molecule has 1 aromatic heterocycles. The van der Waals surface area contributed by atoms with E-state index in [1.807, 2.05) is 0 Å². The van der Waals surface area contributed by atoms with Gasteiger partial charge in [-0.1, -0.05) is 6.92 Å². The first-order chi connectivity index (χ1) is 14.9. The van der Waals surface area contributed by atoms with Crippen molar-refractivity contribution in [3.05, 3.63) is 47.4 Å². The van der Waals surface area contributed by atoms with E-state index in [0.717, 1.165) is 0 Å². The molecule has 0 bridgehead atoms. The molecule has 2 fully saturated rings. The minimum absolute atomic E-state index is 0.0260. The summed E-state index contributed by atoms with van der Waals surface area (Å²) in [5.41, 5.74) is 1.26. The molecule has 7 nitrogen and oxygen atoms in total. The molecule has 5 rings (SSSR count). The highest BCUT2D eigenvalue weighted by atomic mass is 19.1. The fourth-order valence-corrected chi connectivity index (χ4v) is 4.14. The number of halogens is 1. The molecule has 1 aliphatic carbocycles. The predicted molar refractivity (Wildman–Crippen MR) is 109 cm³/mol. The maximum absolute atomic E-state index is 14.4. The van der Waals surface area contributed by atoms with E-state index in [2.05, 4.69) is 11.9 Å². The van der Waals surface area contributed by atoms with Crippen LogP contribution in [0.25, 0.3) is 0 Å². The Morgan fingerprint density at radius 2 is 2.10 bits per heavy atom. The number of ketones is 1. The zero-order valence-electron chi connectivity index (χ0n) is 17.2. The third kappa shape index (κ3) is 3.76. The van der Waals surface area contributed by atoms with Crippen LogP contribution in [0, 0.1) is 11.2 Å². The first-order valence-corrected chi connectivity index (χ1v) is 10.4. The fourth-order valence-electron chi connectivity index (χ4n) is 4.14. The Bertz CT molecular complexity index is 1040. The van der Waals surface area contributed by atoms with E-state index >= 15 is 0 Å². The number of hydrogen-bond acceptors (Lipinski definition) is 6. The molecule has 0 N–H and O–H groups in total. The van der Waals surface area contributed by atoms with E-state index in [4.69, 9.17) is 14.2 Å². The molecule has 1 atom stereocenters. The Kier molecular flexibility index (Phi) is 4.89. The van der Waals surface area contributed by atoms with Crippen molar-refractivity contribution in [2.45, 2.75) is 32.3 Å². The number of carbonyl (C=O) groups excluding carboxylic acids is 2. The number of Topliss-reactive ketones (excluding diaryl/α,β-unsaturated/α-hetero) is 1. The molecule has 1 unspecified atom stereocenters. The van der Waals surface area contributed by atoms with Crippen LogP contribution in [0.4, 0.5) is 10.1 Å². The topological polar surface area (TPSA) is 78.0 Å². The van der Waals surface area contributed by atoms with Gasteiger partial charge in [-0.15, -0.1) is 0 Å². The van der Waals surface area contributed by atoms with Crippen molar-refractivity contribution in [2.75, 3.05) is 31.3 Å². The lowest BCUT2D eigenvalue weighted by atomic mass is 9.90. The third-order valence-corrected chi connectivity index (χ3v) is 6.01. The molecule has 1 aromatic carbocycles. The zero-order chi connectivity index (χ0) is 21.6. The maximum Gasteiger partial charge on any atom is 0.268 e. The number of ether oxygens (including phenoxy) is 3. The number of amides is 1. The van der Waals surface area contributed by atoms with E-state index in [0.29, 0.717) is 74.1 Å². The SMILES string of the molecule is CC1(COc2ccc(OC3CCN(c4cc(F)c5c(c4)C(=O)CC5)C3=O)cn2)COC1. The van der Waals surface area contributed by atoms with E-state index < -0.39 is 11.9 Å². The minimum atomic E-state index is -0.688. The molecular weight excluding hydrogens is 403 g/mol. The minimum Gasteiger partial charge on any atom is -0.479 e. The summed E-state index contributed by atoms with van der Waals surface area (Å²) in [5, 5.41) is 0. The average Bonchev–Trinajstić information content (AvgIpc) is 3.29. The van der Waals surface area contributed by atoms with Crippen molar-refractivity contribution in [1.82, 2.24) is 4.98 Å². The van der Waals surface area contributed by atoms with Gasteiger partial charge in [-0.3, -0.25) is 9.59 Å². The number of nitrogens with zero attached hydrogens (tertiary/aromatic N) is 2. The number of fused-ring (bicyclic) bond motifs is 1. The van der Waals surface area contributed by atoms with Crippen LogP contribution in [0.3, 0.4) is 0 Å². The van der Waals surface area contributed by atoms with Crippen molar-refractivity contribution >= 4 is 17.4 Å². The van der Waals surface area contributed by atoms with E-state index in [9.17, 15) is 14.0 Å². The van der Waals surface area contributed by atoms with Crippen LogP contribution >= 0.6 is 0 Å². The molecule has 3 heterocycles. The summed E-state index contributed by atoms with van der Waals surface area (Å²) in [6, 6.07) is 6.37. The summed E-state index contributed by atoms with van der Waals surface area (Å²) in [4.78, 5) is 30.6. The molecule has 0 radical (unpaired) electrons. The summed E-state index contributed by atoms with van der Waals surface area (Å²) in [6.45, 7) is 4.36. The molecule has 8 heteroatoms. The molecule has 3 aliphatic rings. The van der Waals surface area contributed by atoms with Crippen LogP contribution in [0.5, 0.6) is 11.6 Å². The lowest BCUT2D eigenvalue weighted by Crippen LogP contribution is -2.44. The number of hydrogen-bond donors (Lipinski definition) is 0. The van der Waals surface area contributed by atoms with Gasteiger partial charge in [0.15, 0.2) is 11.9 Å². The highest BCUT2D eigenvalue weighted by molar-refractivity contribution is 6.04. The Balaban J connectivity index is 1.23. The summed E-state index contributed by atoms with van der Waals surface area (Å²) in [7, 11) is 0. The highest BCUT2D eigenvalue weighted by Crippen LogP contribution is 2.32. The molecule has 2 saturated heterocycles. The standard InChI is InChI=1S/C23H23FN2O5/c1-23(11-29-12-23)13-30-21-5-2-15(10-25-21)31-20-6-7-26(22(20)28)14-8-17-16(18(24)9-14)3-4-19(17)27/h2,5,8-10,20H,3-4,6-7,11-13H2,1H3. The lowest BCUT2D eigenvalue weighted by molar-refractivity contribution is -0.122. The van der Waals surface area contributed by atoms with Crippen molar-refractivity contribution in [3.63, 3.8) is 0 Å². The summed E-state index contributed by atoms with van der Waals surface area (Å²) >= 11 is 0. The number of pyridine rings is 1. The van der Waals surface area contributed by atoms with Gasteiger partial charge in [-0.05, 0) is 30.2 Å². The van der Waals surface area contributed by atoms with Crippen LogP contribution in [-0.2, 0) is 16.0 Å². The second kappa shape index (κ2) is 7.60. The van der Waals surface area contributed by atoms with Crippen molar-refractivity contribution in [2.24, 2.45) is 5.41 Å². The highest BCUT2D eigenvalue weighted by Gasteiger charge is 2.36. The lowest BCUT2D eigenvalue weighted by Gasteiger charge is -2.37. The van der Waals surface area contributed by atoms with Crippen molar-refractivity contribution in [1.29, 1.82) is 0 Å². The van der Waals surface area contributed by atoms with Crippen LogP contribution in [0.1, 0.15) is 35.7 Å². The second-order valence-corrected chi connectivity index (χ2v) is 8.69. The average molecular weight is 426 g/mol. The van der Waals surface area contributed by atoms with Gasteiger partial charge < -0.3 is 19.1 Å². The number of rotatable bonds is 6. The van der Waals surface area contributed by atoms with Gasteiger partial charge in [0.1, 0.15) is 11.6 Å². The van der Waals surface area contributed by atoms with Gasteiger partial charge in [-0.25, -0.2) is 9.37 Å². The van der Waals surface area contributed by atoms with Crippen LogP contribution < -0.4 is 14.4 Å². The van der Waals surface area contributed by atoms with Crippen LogP contribution in [0.15, 0.2) is 30.5 Å². The number of anilines is 1. The van der Waals surface area contributed by atoms with Gasteiger partial charge in [0.05, 0.1) is 26.0 Å². The van der Waals surface area contributed by atoms with E-state index in [-0.39, 0.29) is 17.1 Å². The van der Waals surface area contributed by atoms with Gasteiger partial charge in [0.25, 0.3) is 5.91 Å². The van der Waals surface area contributed by atoms with Crippen molar-refractivity contribution in [3.8, 4) is 11.6 Å². The zero-order valence-corrected chi connectivity index (χ0v) is 17.2. The normalized spacial score (nSPS) is 21.7. The number of carbonyl (C=O) groups is 2. The number of benzene rings is 1. The molecule has 0 saturated carbocycles. The molecule has 2 aromatic rings.